The number of unbranched alkanes of at least 4 members (excludes halogenated alkanes) is 1. The Hall–Kier alpha value is -0.940. The van der Waals surface area contributed by atoms with Crippen LogP contribution in [0.25, 0.3) is 0 Å². The maximum absolute atomic E-state index is 5.36. The molecule has 0 radical (unpaired) electrons. The summed E-state index contributed by atoms with van der Waals surface area (Å²) in [6.07, 6.45) is 7.50. The predicted octanol–water partition coefficient (Wildman–Crippen LogP) is 2.30. The quantitative estimate of drug-likeness (QED) is 0.791. The highest BCUT2D eigenvalue weighted by Gasteiger charge is 2.30. The van der Waals surface area contributed by atoms with Gasteiger partial charge in [-0.05, 0) is 45.2 Å². The van der Waals surface area contributed by atoms with Gasteiger partial charge in [-0.2, -0.15) is 4.98 Å². The zero-order valence-electron chi connectivity index (χ0n) is 12.5. The molecule has 1 saturated carbocycles. The molecule has 1 atom stereocenters. The minimum atomic E-state index is 0.553. The third-order valence-electron chi connectivity index (χ3n) is 4.24. The zero-order chi connectivity index (χ0) is 13.8. The first-order valence-electron chi connectivity index (χ1n) is 8.13. The molecule has 0 aromatic carbocycles. The van der Waals surface area contributed by atoms with Crippen LogP contribution >= 0.6 is 0 Å². The van der Waals surface area contributed by atoms with Gasteiger partial charge < -0.3 is 9.84 Å². The maximum Gasteiger partial charge on any atom is 0.229 e. The second kappa shape index (κ2) is 6.68. The van der Waals surface area contributed by atoms with E-state index in [1.807, 2.05) is 0 Å². The van der Waals surface area contributed by atoms with Crippen LogP contribution in [0.5, 0.6) is 0 Å². The standard InChI is InChI=1S/C15H26N4O/c1-2-3-9-19(10-13-5-4-8-16-13)11-14-17-15(20-18-14)12-6-7-12/h12-13,16H,2-11H2,1H3. The van der Waals surface area contributed by atoms with Crippen molar-refractivity contribution in [3.63, 3.8) is 0 Å². The number of aromatic nitrogens is 2. The van der Waals surface area contributed by atoms with Gasteiger partial charge >= 0.3 is 0 Å². The topological polar surface area (TPSA) is 54.2 Å². The summed E-state index contributed by atoms with van der Waals surface area (Å²) in [5, 5.41) is 7.73. The number of nitrogens with zero attached hydrogens (tertiary/aromatic N) is 3. The summed E-state index contributed by atoms with van der Waals surface area (Å²) in [7, 11) is 0. The normalized spacial score (nSPS) is 22.8. The lowest BCUT2D eigenvalue weighted by atomic mass is 10.2. The van der Waals surface area contributed by atoms with Gasteiger partial charge in [-0.15, -0.1) is 0 Å². The van der Waals surface area contributed by atoms with Crippen molar-refractivity contribution in [3.05, 3.63) is 11.7 Å². The maximum atomic E-state index is 5.36. The second-order valence-electron chi connectivity index (χ2n) is 6.21. The molecule has 5 heteroatoms. The van der Waals surface area contributed by atoms with E-state index >= 15 is 0 Å². The molecule has 3 rings (SSSR count). The van der Waals surface area contributed by atoms with Gasteiger partial charge in [-0.25, -0.2) is 0 Å². The summed E-state index contributed by atoms with van der Waals surface area (Å²) >= 11 is 0. The van der Waals surface area contributed by atoms with Crippen LogP contribution in [0, 0.1) is 0 Å². The van der Waals surface area contributed by atoms with Crippen molar-refractivity contribution >= 4 is 0 Å². The number of hydrogen-bond donors (Lipinski definition) is 1. The molecule has 2 fully saturated rings. The van der Waals surface area contributed by atoms with E-state index in [4.69, 9.17) is 4.52 Å². The average Bonchev–Trinajstić information content (AvgIpc) is 2.98. The van der Waals surface area contributed by atoms with Gasteiger partial charge in [0.05, 0.1) is 6.54 Å². The molecule has 1 aliphatic heterocycles. The van der Waals surface area contributed by atoms with E-state index in [2.05, 4.69) is 27.3 Å². The number of hydrogen-bond acceptors (Lipinski definition) is 5. The van der Waals surface area contributed by atoms with Crippen LogP contribution in [0.1, 0.15) is 63.1 Å². The summed E-state index contributed by atoms with van der Waals surface area (Å²) < 4.78 is 5.36. The highest BCUT2D eigenvalue weighted by molar-refractivity contribution is 5.01. The van der Waals surface area contributed by atoms with Gasteiger partial charge in [-0.3, -0.25) is 4.90 Å². The van der Waals surface area contributed by atoms with Gasteiger partial charge in [0.15, 0.2) is 5.82 Å². The average molecular weight is 278 g/mol. The Morgan fingerprint density at radius 2 is 2.25 bits per heavy atom. The fourth-order valence-corrected chi connectivity index (χ4v) is 2.87. The lowest BCUT2D eigenvalue weighted by Gasteiger charge is -2.24. The zero-order valence-corrected chi connectivity index (χ0v) is 12.5. The molecule has 0 amide bonds. The van der Waals surface area contributed by atoms with E-state index in [9.17, 15) is 0 Å². The predicted molar refractivity (Wildman–Crippen MR) is 77.5 cm³/mol. The van der Waals surface area contributed by atoms with Crippen LogP contribution in [0.4, 0.5) is 0 Å². The van der Waals surface area contributed by atoms with Crippen LogP contribution < -0.4 is 5.32 Å². The lowest BCUT2D eigenvalue weighted by Crippen LogP contribution is -2.37. The lowest BCUT2D eigenvalue weighted by molar-refractivity contribution is 0.229. The van der Waals surface area contributed by atoms with Crippen LogP contribution in [0.15, 0.2) is 4.52 Å². The van der Waals surface area contributed by atoms with E-state index < -0.39 is 0 Å². The fourth-order valence-electron chi connectivity index (χ4n) is 2.87. The van der Waals surface area contributed by atoms with E-state index in [1.54, 1.807) is 0 Å². The monoisotopic (exact) mass is 278 g/mol. The Balaban J connectivity index is 1.55. The van der Waals surface area contributed by atoms with Crippen LogP contribution in [0.3, 0.4) is 0 Å². The van der Waals surface area contributed by atoms with Gasteiger partial charge in [0.1, 0.15) is 0 Å². The summed E-state index contributed by atoms with van der Waals surface area (Å²) in [4.78, 5) is 7.04. The van der Waals surface area contributed by atoms with E-state index in [0.29, 0.717) is 12.0 Å². The first-order valence-corrected chi connectivity index (χ1v) is 8.13. The van der Waals surface area contributed by atoms with E-state index in [0.717, 1.165) is 31.3 Å². The first kappa shape index (κ1) is 14.0. The van der Waals surface area contributed by atoms with Crippen LogP contribution in [0.2, 0.25) is 0 Å². The molecular formula is C15H26N4O. The molecule has 5 nitrogen and oxygen atoms in total. The Labute approximate surface area is 121 Å². The molecule has 1 unspecified atom stereocenters. The highest BCUT2D eigenvalue weighted by atomic mass is 16.5. The third kappa shape index (κ3) is 3.79. The molecule has 0 bridgehead atoms. The molecule has 2 aliphatic rings. The smallest absolute Gasteiger partial charge is 0.229 e. The molecule has 1 aliphatic carbocycles. The van der Waals surface area contributed by atoms with Crippen molar-refractivity contribution in [1.82, 2.24) is 20.4 Å². The van der Waals surface area contributed by atoms with Gasteiger partial charge in [0.2, 0.25) is 5.89 Å². The summed E-state index contributed by atoms with van der Waals surface area (Å²) in [5.74, 6) is 2.27. The molecule has 1 N–H and O–H groups in total. The van der Waals surface area contributed by atoms with Gasteiger partial charge in [0.25, 0.3) is 0 Å². The van der Waals surface area contributed by atoms with Crippen molar-refractivity contribution in [1.29, 1.82) is 0 Å². The Morgan fingerprint density at radius 3 is 2.95 bits per heavy atom. The summed E-state index contributed by atoms with van der Waals surface area (Å²) in [6, 6.07) is 0.640. The van der Waals surface area contributed by atoms with Crippen molar-refractivity contribution in [2.24, 2.45) is 0 Å². The molecule has 112 valence electrons. The van der Waals surface area contributed by atoms with Gasteiger partial charge in [-0.1, -0.05) is 18.5 Å². The van der Waals surface area contributed by atoms with Crippen molar-refractivity contribution in [2.75, 3.05) is 19.6 Å². The molecule has 2 heterocycles. The minimum Gasteiger partial charge on any atom is -0.339 e. The SMILES string of the molecule is CCCCN(Cc1noc(C2CC2)n1)CC1CCCN1. The first-order chi connectivity index (χ1) is 9.85. The van der Waals surface area contributed by atoms with Crippen molar-refractivity contribution < 1.29 is 4.52 Å². The molecule has 1 aromatic heterocycles. The van der Waals surface area contributed by atoms with E-state index in [-0.39, 0.29) is 0 Å². The Bertz CT molecular complexity index is 410. The van der Waals surface area contributed by atoms with Crippen LogP contribution in [-0.4, -0.2) is 40.7 Å². The van der Waals surface area contributed by atoms with Crippen molar-refractivity contribution in [2.45, 2.75) is 64.0 Å². The van der Waals surface area contributed by atoms with Gasteiger partial charge in [0, 0.05) is 18.5 Å². The minimum absolute atomic E-state index is 0.553. The summed E-state index contributed by atoms with van der Waals surface area (Å²) in [6.45, 7) is 6.47. The molecule has 1 aromatic rings. The molecule has 20 heavy (non-hydrogen) atoms. The number of nitrogens with one attached hydrogen (secondary N) is 1. The van der Waals surface area contributed by atoms with E-state index in [1.165, 1.54) is 45.1 Å². The highest BCUT2D eigenvalue weighted by Crippen LogP contribution is 2.38. The fraction of sp³-hybridized carbons (Fsp3) is 0.867. The second-order valence-corrected chi connectivity index (χ2v) is 6.21. The van der Waals surface area contributed by atoms with Crippen LogP contribution in [-0.2, 0) is 6.54 Å². The molecule has 0 spiro atoms. The molecular weight excluding hydrogens is 252 g/mol. The van der Waals surface area contributed by atoms with Crippen molar-refractivity contribution in [3.8, 4) is 0 Å². The molecule has 1 saturated heterocycles. The number of rotatable bonds is 8. The largest absolute Gasteiger partial charge is 0.339 e. The third-order valence-corrected chi connectivity index (χ3v) is 4.24. The Morgan fingerprint density at radius 1 is 1.35 bits per heavy atom. The Kier molecular flexibility index (Phi) is 4.68. The summed E-state index contributed by atoms with van der Waals surface area (Å²) in [5.41, 5.74) is 0.